The van der Waals surface area contributed by atoms with Crippen molar-refractivity contribution in [1.29, 1.82) is 0 Å². The van der Waals surface area contributed by atoms with Gasteiger partial charge in [-0.3, -0.25) is 4.79 Å². The average Bonchev–Trinajstić information content (AvgIpc) is 2.89. The Bertz CT molecular complexity index is 617. The lowest BCUT2D eigenvalue weighted by atomic mass is 9.98. The van der Waals surface area contributed by atoms with Crippen LogP contribution in [-0.2, 0) is 11.2 Å². The Morgan fingerprint density at radius 1 is 1.61 bits per heavy atom. The highest BCUT2D eigenvalue weighted by atomic mass is 32.1. The van der Waals surface area contributed by atoms with Gasteiger partial charge >= 0.3 is 0 Å². The summed E-state index contributed by atoms with van der Waals surface area (Å²) in [6.07, 6.45) is 4.71. The van der Waals surface area contributed by atoms with Crippen LogP contribution in [0, 0.1) is 0 Å². The Morgan fingerprint density at radius 3 is 3.33 bits per heavy atom. The van der Waals surface area contributed by atoms with Gasteiger partial charge in [-0.05, 0) is 37.7 Å². The lowest BCUT2D eigenvalue weighted by Crippen LogP contribution is -2.08. The maximum atomic E-state index is 12.0. The highest BCUT2D eigenvalue weighted by molar-refractivity contribution is 7.18. The highest BCUT2D eigenvalue weighted by Crippen LogP contribution is 2.43. The lowest BCUT2D eigenvalue weighted by Gasteiger charge is -2.10. The second kappa shape index (κ2) is 4.82. The first kappa shape index (κ1) is 11.9. The molecule has 4 nitrogen and oxygen atoms in total. The van der Waals surface area contributed by atoms with E-state index in [4.69, 9.17) is 4.74 Å². The quantitative estimate of drug-likeness (QED) is 0.863. The lowest BCUT2D eigenvalue weighted by molar-refractivity contribution is 0.139. The van der Waals surface area contributed by atoms with Crippen LogP contribution in [0.3, 0.4) is 0 Å². The number of nitrogens with one attached hydrogen (secondary N) is 1. The van der Waals surface area contributed by atoms with Crippen LogP contribution >= 0.6 is 11.3 Å². The largest absolute Gasteiger partial charge is 0.382 e. The van der Waals surface area contributed by atoms with E-state index >= 15 is 0 Å². The molecule has 5 heteroatoms. The van der Waals surface area contributed by atoms with Gasteiger partial charge < -0.3 is 9.72 Å². The van der Waals surface area contributed by atoms with Gasteiger partial charge in [0.25, 0.3) is 5.56 Å². The topological polar surface area (TPSA) is 55.0 Å². The third-order valence-corrected chi connectivity index (χ3v) is 4.72. The van der Waals surface area contributed by atoms with Gasteiger partial charge in [0.05, 0.1) is 11.7 Å². The predicted molar refractivity (Wildman–Crippen MR) is 72.4 cm³/mol. The number of rotatable bonds is 4. The number of H-pyrrole nitrogens is 1. The molecule has 2 aromatic rings. The Kier molecular flexibility index (Phi) is 3.18. The molecular weight excluding hydrogens is 248 g/mol. The number of thiophene rings is 1. The molecule has 0 bridgehead atoms. The number of ether oxygens (including phenoxy) is 1. The van der Waals surface area contributed by atoms with Crippen LogP contribution in [0.15, 0.2) is 11.1 Å². The summed E-state index contributed by atoms with van der Waals surface area (Å²) in [6, 6.07) is 0. The Labute approximate surface area is 109 Å². The summed E-state index contributed by atoms with van der Waals surface area (Å²) in [5.41, 5.74) is 1.24. The maximum absolute atomic E-state index is 12.0. The van der Waals surface area contributed by atoms with Crippen molar-refractivity contribution >= 4 is 21.6 Å². The van der Waals surface area contributed by atoms with Gasteiger partial charge in [-0.15, -0.1) is 11.3 Å². The fourth-order valence-corrected chi connectivity index (χ4v) is 3.98. The zero-order chi connectivity index (χ0) is 12.5. The molecule has 0 aliphatic heterocycles. The van der Waals surface area contributed by atoms with E-state index in [9.17, 15) is 4.79 Å². The second-order valence-corrected chi connectivity index (χ2v) is 5.66. The SMILES string of the molecule is CCOCCC1CCc2sc3nc[nH]c(=O)c3c21. The van der Waals surface area contributed by atoms with E-state index in [0.717, 1.165) is 42.7 Å². The van der Waals surface area contributed by atoms with Crippen molar-refractivity contribution in [1.82, 2.24) is 9.97 Å². The molecule has 1 atom stereocenters. The summed E-state index contributed by atoms with van der Waals surface area (Å²) in [7, 11) is 0. The van der Waals surface area contributed by atoms with E-state index in [1.807, 2.05) is 6.92 Å². The monoisotopic (exact) mass is 264 g/mol. The Hall–Kier alpha value is -1.20. The van der Waals surface area contributed by atoms with Gasteiger partial charge in [-0.2, -0.15) is 0 Å². The number of aromatic nitrogens is 2. The van der Waals surface area contributed by atoms with E-state index in [-0.39, 0.29) is 5.56 Å². The summed E-state index contributed by atoms with van der Waals surface area (Å²) in [4.78, 5) is 21.1. The zero-order valence-electron chi connectivity index (χ0n) is 10.4. The molecule has 3 rings (SSSR count). The molecule has 0 aromatic carbocycles. The molecule has 2 aromatic heterocycles. The minimum Gasteiger partial charge on any atom is -0.382 e. The standard InChI is InChI=1S/C13H16N2O2S/c1-2-17-6-5-8-3-4-9-10(8)11-12(16)14-7-15-13(11)18-9/h7-8H,2-6H2,1H3,(H,14,15,16). The molecule has 0 saturated heterocycles. The van der Waals surface area contributed by atoms with Crippen molar-refractivity contribution in [2.45, 2.75) is 32.1 Å². The summed E-state index contributed by atoms with van der Waals surface area (Å²) >= 11 is 1.67. The molecule has 0 saturated carbocycles. The van der Waals surface area contributed by atoms with Crippen LogP contribution in [0.4, 0.5) is 0 Å². The second-order valence-electron chi connectivity index (χ2n) is 4.57. The van der Waals surface area contributed by atoms with Gasteiger partial charge in [0.2, 0.25) is 0 Å². The first-order valence-electron chi connectivity index (χ1n) is 6.38. The van der Waals surface area contributed by atoms with Gasteiger partial charge in [-0.1, -0.05) is 0 Å². The summed E-state index contributed by atoms with van der Waals surface area (Å²) in [6.45, 7) is 3.54. The Balaban J connectivity index is 1.98. The molecule has 1 N–H and O–H groups in total. The van der Waals surface area contributed by atoms with E-state index in [1.54, 1.807) is 11.3 Å². The highest BCUT2D eigenvalue weighted by Gasteiger charge is 2.28. The van der Waals surface area contributed by atoms with E-state index in [0.29, 0.717) is 5.92 Å². The van der Waals surface area contributed by atoms with Gasteiger partial charge in [0, 0.05) is 18.1 Å². The third-order valence-electron chi connectivity index (χ3n) is 3.55. The van der Waals surface area contributed by atoms with Crippen LogP contribution in [0.1, 0.15) is 36.1 Å². The van der Waals surface area contributed by atoms with Crippen molar-refractivity contribution in [3.8, 4) is 0 Å². The first-order chi connectivity index (χ1) is 8.81. The van der Waals surface area contributed by atoms with Crippen molar-refractivity contribution < 1.29 is 4.74 Å². The summed E-state index contributed by atoms with van der Waals surface area (Å²) in [5.74, 6) is 0.464. The maximum Gasteiger partial charge on any atom is 0.259 e. The van der Waals surface area contributed by atoms with Crippen molar-refractivity contribution in [3.05, 3.63) is 27.1 Å². The normalized spacial score (nSPS) is 18.4. The smallest absolute Gasteiger partial charge is 0.259 e. The summed E-state index contributed by atoms with van der Waals surface area (Å²) in [5, 5.41) is 0.816. The van der Waals surface area contributed by atoms with Crippen LogP contribution in [-0.4, -0.2) is 23.2 Å². The first-order valence-corrected chi connectivity index (χ1v) is 7.19. The molecular formula is C13H16N2O2S. The fourth-order valence-electron chi connectivity index (χ4n) is 2.74. The molecule has 1 aliphatic carbocycles. The molecule has 0 spiro atoms. The van der Waals surface area contributed by atoms with E-state index < -0.39 is 0 Å². The van der Waals surface area contributed by atoms with Crippen molar-refractivity contribution in [2.24, 2.45) is 0 Å². The van der Waals surface area contributed by atoms with Crippen molar-refractivity contribution in [2.75, 3.05) is 13.2 Å². The number of aromatic amines is 1. The van der Waals surface area contributed by atoms with E-state index in [1.165, 1.54) is 16.8 Å². The number of aryl methyl sites for hydroxylation is 1. The van der Waals surface area contributed by atoms with Gasteiger partial charge in [0.15, 0.2) is 0 Å². The Morgan fingerprint density at radius 2 is 2.50 bits per heavy atom. The molecule has 1 aliphatic rings. The summed E-state index contributed by atoms with van der Waals surface area (Å²) < 4.78 is 5.43. The van der Waals surface area contributed by atoms with Crippen LogP contribution in [0.5, 0.6) is 0 Å². The number of nitrogens with zero attached hydrogens (tertiary/aromatic N) is 1. The molecule has 1 unspecified atom stereocenters. The number of fused-ring (bicyclic) bond motifs is 3. The average molecular weight is 264 g/mol. The molecule has 18 heavy (non-hydrogen) atoms. The minimum absolute atomic E-state index is 0.000750. The van der Waals surface area contributed by atoms with Gasteiger partial charge in [0.1, 0.15) is 4.83 Å². The molecule has 0 fully saturated rings. The molecule has 0 radical (unpaired) electrons. The predicted octanol–water partition coefficient (Wildman–Crippen LogP) is 2.44. The van der Waals surface area contributed by atoms with E-state index in [2.05, 4.69) is 9.97 Å². The van der Waals surface area contributed by atoms with Crippen molar-refractivity contribution in [3.63, 3.8) is 0 Å². The minimum atomic E-state index is 0.000750. The zero-order valence-corrected chi connectivity index (χ0v) is 11.2. The molecule has 0 amide bonds. The molecule has 96 valence electrons. The molecule has 2 heterocycles. The third kappa shape index (κ3) is 1.87. The number of hydrogen-bond donors (Lipinski definition) is 1. The van der Waals surface area contributed by atoms with Crippen LogP contribution < -0.4 is 5.56 Å². The van der Waals surface area contributed by atoms with Crippen LogP contribution in [0.25, 0.3) is 10.2 Å². The van der Waals surface area contributed by atoms with Crippen LogP contribution in [0.2, 0.25) is 0 Å². The number of hydrogen-bond acceptors (Lipinski definition) is 4. The fraction of sp³-hybridized carbons (Fsp3) is 0.538. The van der Waals surface area contributed by atoms with Gasteiger partial charge in [-0.25, -0.2) is 4.98 Å².